The fourth-order valence-corrected chi connectivity index (χ4v) is 4.51. The molecule has 31 heavy (non-hydrogen) atoms. The highest BCUT2D eigenvalue weighted by atomic mass is 35.5. The van der Waals surface area contributed by atoms with E-state index in [-0.39, 0.29) is 12.4 Å². The molecule has 6 heteroatoms. The van der Waals surface area contributed by atoms with Crippen LogP contribution in [0.3, 0.4) is 0 Å². The van der Waals surface area contributed by atoms with Gasteiger partial charge in [0.1, 0.15) is 11.5 Å². The Kier molecular flexibility index (Phi) is 11.1. The van der Waals surface area contributed by atoms with Gasteiger partial charge in [0.2, 0.25) is 0 Å². The zero-order valence-corrected chi connectivity index (χ0v) is 20.3. The van der Waals surface area contributed by atoms with Crippen LogP contribution in [-0.4, -0.2) is 30.5 Å². The van der Waals surface area contributed by atoms with Crippen LogP contribution in [0.25, 0.3) is 0 Å². The first-order valence-corrected chi connectivity index (χ1v) is 12.3. The van der Waals surface area contributed by atoms with Crippen molar-refractivity contribution in [1.29, 1.82) is 0 Å². The minimum atomic E-state index is -0.277. The minimum Gasteiger partial charge on any atom is -0.507 e. The molecule has 0 aliphatic heterocycles. The average Bonchev–Trinajstić information content (AvgIpc) is 2.76. The highest BCUT2D eigenvalue weighted by molar-refractivity contribution is 7.99. The Balaban J connectivity index is 1.87. The normalized spacial score (nSPS) is 10.8. The summed E-state index contributed by atoms with van der Waals surface area (Å²) in [7, 11) is 1.38. The molecule has 0 aliphatic carbocycles. The highest BCUT2D eigenvalue weighted by Crippen LogP contribution is 2.34. The minimum absolute atomic E-state index is 0.221. The third-order valence-corrected chi connectivity index (χ3v) is 6.58. The lowest BCUT2D eigenvalue weighted by atomic mass is 10.00. The predicted molar refractivity (Wildman–Crippen MR) is 129 cm³/mol. The van der Waals surface area contributed by atoms with Crippen molar-refractivity contribution in [2.75, 3.05) is 19.5 Å². The van der Waals surface area contributed by atoms with Crippen molar-refractivity contribution in [1.82, 2.24) is 0 Å². The van der Waals surface area contributed by atoms with Gasteiger partial charge in [0.05, 0.1) is 25.2 Å². The zero-order chi connectivity index (χ0) is 22.6. The van der Waals surface area contributed by atoms with Gasteiger partial charge in [-0.05, 0) is 55.0 Å². The zero-order valence-electron chi connectivity index (χ0n) is 18.7. The van der Waals surface area contributed by atoms with Gasteiger partial charge in [0.25, 0.3) is 0 Å². The van der Waals surface area contributed by atoms with Gasteiger partial charge in [-0.3, -0.25) is 4.79 Å². The molecule has 0 spiro atoms. The number of carbonyl (C=O) groups is 1. The number of halogens is 1. The second kappa shape index (κ2) is 13.5. The number of hydrogen-bond donors (Lipinski definition) is 1. The summed E-state index contributed by atoms with van der Waals surface area (Å²) in [5.74, 6) is 1.77. The quantitative estimate of drug-likeness (QED) is 0.205. The van der Waals surface area contributed by atoms with Crippen molar-refractivity contribution in [2.24, 2.45) is 0 Å². The van der Waals surface area contributed by atoms with Gasteiger partial charge in [-0.25, -0.2) is 0 Å². The Hall–Kier alpha value is -1.85. The molecule has 0 fully saturated rings. The number of benzene rings is 2. The summed E-state index contributed by atoms with van der Waals surface area (Å²) in [6.45, 7) is 4.84. The number of thioether (sulfide) groups is 1. The maximum absolute atomic E-state index is 11.4. The third-order valence-electron chi connectivity index (χ3n) is 5.00. The smallest absolute Gasteiger partial charge is 0.309 e. The Morgan fingerprint density at radius 2 is 1.90 bits per heavy atom. The van der Waals surface area contributed by atoms with E-state index in [4.69, 9.17) is 21.1 Å². The van der Waals surface area contributed by atoms with E-state index in [1.165, 1.54) is 7.11 Å². The number of esters is 1. The van der Waals surface area contributed by atoms with Crippen LogP contribution in [0.1, 0.15) is 56.2 Å². The van der Waals surface area contributed by atoms with E-state index in [2.05, 4.69) is 13.8 Å². The lowest BCUT2D eigenvalue weighted by Gasteiger charge is -2.15. The molecule has 0 saturated carbocycles. The van der Waals surface area contributed by atoms with Gasteiger partial charge in [-0.1, -0.05) is 50.4 Å². The van der Waals surface area contributed by atoms with Gasteiger partial charge in [-0.15, -0.1) is 11.8 Å². The number of phenols is 1. The van der Waals surface area contributed by atoms with Crippen molar-refractivity contribution in [3.63, 3.8) is 0 Å². The molecule has 2 aromatic carbocycles. The Labute approximate surface area is 195 Å². The van der Waals surface area contributed by atoms with Crippen molar-refractivity contribution in [3.8, 4) is 11.5 Å². The number of aryl methyl sites for hydroxylation is 1. The first-order valence-electron chi connectivity index (χ1n) is 10.9. The summed E-state index contributed by atoms with van der Waals surface area (Å²) < 4.78 is 10.7. The monoisotopic (exact) mass is 464 g/mol. The van der Waals surface area contributed by atoms with Crippen LogP contribution < -0.4 is 4.74 Å². The summed E-state index contributed by atoms with van der Waals surface area (Å²) in [5.41, 5.74) is 2.78. The standard InChI is InChI=1S/C25H33ClO4S/c1-4-6-9-19-11-12-22(20(8-5-2)25(19)28)30-14-7-15-31-23-13-10-18(16-21(23)26)17-24(27)29-3/h10-13,16,28H,4-9,14-15,17H2,1-3H3. The predicted octanol–water partition coefficient (Wildman–Crippen LogP) is 6.62. The topological polar surface area (TPSA) is 55.8 Å². The molecule has 0 unspecified atom stereocenters. The number of unbranched alkanes of at least 4 members (excludes halogenated alkanes) is 1. The van der Waals surface area contributed by atoms with E-state index in [1.807, 2.05) is 30.3 Å². The van der Waals surface area contributed by atoms with Crippen LogP contribution in [-0.2, 0) is 28.8 Å². The fourth-order valence-electron chi connectivity index (χ4n) is 3.30. The number of carbonyl (C=O) groups excluding carboxylic acids is 1. The molecule has 1 N–H and O–H groups in total. The molecule has 2 aromatic rings. The molecule has 0 atom stereocenters. The molecule has 0 heterocycles. The summed E-state index contributed by atoms with van der Waals surface area (Å²) >= 11 is 8.02. The van der Waals surface area contributed by atoms with Crippen LogP contribution in [0.4, 0.5) is 0 Å². The molecule has 0 radical (unpaired) electrons. The average molecular weight is 465 g/mol. The molecule has 4 nitrogen and oxygen atoms in total. The van der Waals surface area contributed by atoms with Crippen molar-refractivity contribution < 1.29 is 19.4 Å². The van der Waals surface area contributed by atoms with Crippen molar-refractivity contribution >= 4 is 29.3 Å². The number of ether oxygens (including phenoxy) is 2. The van der Waals surface area contributed by atoms with Gasteiger partial charge in [0.15, 0.2) is 0 Å². The van der Waals surface area contributed by atoms with E-state index in [9.17, 15) is 9.90 Å². The van der Waals surface area contributed by atoms with E-state index in [0.717, 1.165) is 71.6 Å². The number of phenolic OH excluding ortho intramolecular Hbond substituents is 1. The highest BCUT2D eigenvalue weighted by Gasteiger charge is 2.13. The molecular weight excluding hydrogens is 432 g/mol. The van der Waals surface area contributed by atoms with E-state index < -0.39 is 0 Å². The molecule has 0 bridgehead atoms. The maximum Gasteiger partial charge on any atom is 0.309 e. The Bertz CT molecular complexity index is 854. The largest absolute Gasteiger partial charge is 0.507 e. The number of hydrogen-bond acceptors (Lipinski definition) is 5. The summed E-state index contributed by atoms with van der Waals surface area (Å²) in [6, 6.07) is 9.65. The molecular formula is C25H33ClO4S. The molecule has 170 valence electrons. The van der Waals surface area contributed by atoms with Crippen molar-refractivity contribution in [2.45, 2.75) is 63.7 Å². The van der Waals surface area contributed by atoms with Gasteiger partial charge in [0, 0.05) is 16.2 Å². The molecule has 0 aliphatic rings. The van der Waals surface area contributed by atoms with Gasteiger partial charge < -0.3 is 14.6 Å². The van der Waals surface area contributed by atoms with Crippen LogP contribution in [0.15, 0.2) is 35.2 Å². The van der Waals surface area contributed by atoms with Gasteiger partial charge >= 0.3 is 5.97 Å². The molecule has 0 aromatic heterocycles. The van der Waals surface area contributed by atoms with Crippen LogP contribution in [0, 0.1) is 0 Å². The molecule has 0 saturated heterocycles. The lowest BCUT2D eigenvalue weighted by molar-refractivity contribution is -0.139. The first kappa shape index (κ1) is 25.4. The van der Waals surface area contributed by atoms with E-state index in [1.54, 1.807) is 11.8 Å². The lowest BCUT2D eigenvalue weighted by Crippen LogP contribution is -2.04. The first-order chi connectivity index (χ1) is 15.0. The Morgan fingerprint density at radius 1 is 1.10 bits per heavy atom. The van der Waals surface area contributed by atoms with Gasteiger partial charge in [-0.2, -0.15) is 0 Å². The van der Waals surface area contributed by atoms with E-state index >= 15 is 0 Å². The molecule has 2 rings (SSSR count). The van der Waals surface area contributed by atoms with Crippen LogP contribution in [0.2, 0.25) is 5.02 Å². The van der Waals surface area contributed by atoms with Crippen LogP contribution in [0.5, 0.6) is 11.5 Å². The fraction of sp³-hybridized carbons (Fsp3) is 0.480. The summed E-state index contributed by atoms with van der Waals surface area (Å²) in [5, 5.41) is 11.3. The second-order valence-corrected chi connectivity index (χ2v) is 9.02. The van der Waals surface area contributed by atoms with Crippen molar-refractivity contribution in [3.05, 3.63) is 52.0 Å². The SMILES string of the molecule is CCCCc1ccc(OCCCSc2ccc(CC(=O)OC)cc2Cl)c(CCC)c1O. The summed E-state index contributed by atoms with van der Waals surface area (Å²) in [6.07, 6.45) is 5.92. The number of aromatic hydroxyl groups is 1. The number of rotatable bonds is 13. The molecule has 0 amide bonds. The third kappa shape index (κ3) is 7.97. The van der Waals surface area contributed by atoms with Crippen LogP contribution >= 0.6 is 23.4 Å². The van der Waals surface area contributed by atoms with E-state index in [0.29, 0.717) is 17.4 Å². The maximum atomic E-state index is 11.4. The second-order valence-electron chi connectivity index (χ2n) is 7.47. The number of methoxy groups -OCH3 is 1. The summed E-state index contributed by atoms with van der Waals surface area (Å²) in [4.78, 5) is 12.4. The Morgan fingerprint density at radius 3 is 2.58 bits per heavy atom.